The van der Waals surface area contributed by atoms with Gasteiger partial charge in [-0.1, -0.05) is 0 Å². The van der Waals surface area contributed by atoms with Crippen molar-refractivity contribution in [2.75, 3.05) is 24.2 Å². The zero-order valence-electron chi connectivity index (χ0n) is 10.7. The molecule has 0 aliphatic carbocycles. The molecular weight excluding hydrogens is 280 g/mol. The van der Waals surface area contributed by atoms with Crippen LogP contribution in [0.5, 0.6) is 0 Å². The quantitative estimate of drug-likeness (QED) is 0.907. The molecule has 0 saturated carbocycles. The average Bonchev–Trinajstić information content (AvgIpc) is 3.08. The fraction of sp³-hybridized carbons (Fsp3) is 0.500. The Morgan fingerprint density at radius 2 is 2.47 bits per heavy atom. The molecule has 2 aromatic rings. The van der Waals surface area contributed by atoms with Gasteiger partial charge in [0.05, 0.1) is 11.7 Å². The summed E-state index contributed by atoms with van der Waals surface area (Å²) >= 11 is 2.99. The first kappa shape index (κ1) is 12.8. The van der Waals surface area contributed by atoms with E-state index in [2.05, 4.69) is 14.7 Å². The molecular formula is C12H16N4OS2. The molecule has 0 aromatic carbocycles. The van der Waals surface area contributed by atoms with Crippen molar-refractivity contribution < 1.29 is 4.74 Å². The van der Waals surface area contributed by atoms with E-state index in [1.807, 2.05) is 12.3 Å². The van der Waals surface area contributed by atoms with Gasteiger partial charge in [0, 0.05) is 24.2 Å². The lowest BCUT2D eigenvalue weighted by Gasteiger charge is -2.11. The lowest BCUT2D eigenvalue weighted by Crippen LogP contribution is -2.18. The van der Waals surface area contributed by atoms with Crippen molar-refractivity contribution in [1.82, 2.24) is 9.36 Å². The van der Waals surface area contributed by atoms with E-state index >= 15 is 0 Å². The van der Waals surface area contributed by atoms with E-state index in [4.69, 9.17) is 10.5 Å². The third-order valence-electron chi connectivity index (χ3n) is 3.07. The minimum absolute atomic E-state index is 0.300. The number of thiazole rings is 1. The van der Waals surface area contributed by atoms with Gasteiger partial charge in [0.15, 0.2) is 0 Å². The maximum atomic E-state index is 5.96. The summed E-state index contributed by atoms with van der Waals surface area (Å²) in [6, 6.07) is 0. The molecule has 3 N–H and O–H groups in total. The van der Waals surface area contributed by atoms with Crippen molar-refractivity contribution in [3.8, 4) is 10.6 Å². The van der Waals surface area contributed by atoms with Crippen molar-refractivity contribution in [2.45, 2.75) is 25.9 Å². The van der Waals surface area contributed by atoms with Crippen LogP contribution in [0.25, 0.3) is 10.6 Å². The predicted molar refractivity (Wildman–Crippen MR) is 79.8 cm³/mol. The highest BCUT2D eigenvalue weighted by molar-refractivity contribution is 7.15. The molecule has 0 radical (unpaired) electrons. The Kier molecular flexibility index (Phi) is 3.67. The molecule has 5 nitrogen and oxygen atoms in total. The van der Waals surface area contributed by atoms with Gasteiger partial charge in [-0.3, -0.25) is 0 Å². The summed E-state index contributed by atoms with van der Waals surface area (Å²) in [5.74, 6) is 0.550. The maximum absolute atomic E-state index is 5.96. The topological polar surface area (TPSA) is 73.1 Å². The second kappa shape index (κ2) is 5.44. The largest absolute Gasteiger partial charge is 0.382 e. The van der Waals surface area contributed by atoms with Gasteiger partial charge in [-0.25, -0.2) is 4.98 Å². The van der Waals surface area contributed by atoms with E-state index in [1.54, 1.807) is 11.3 Å². The zero-order chi connectivity index (χ0) is 13.2. The normalized spacial score (nSPS) is 18.9. The molecule has 1 fully saturated rings. The lowest BCUT2D eigenvalue weighted by molar-refractivity contribution is 0.120. The molecule has 3 rings (SSSR count). The molecule has 1 atom stereocenters. The fourth-order valence-corrected chi connectivity index (χ4v) is 3.75. The SMILES string of the molecule is Cc1csc(-c2c(N)nsc2NCC2CCCO2)n1. The first-order valence-corrected chi connectivity index (χ1v) is 7.92. The van der Waals surface area contributed by atoms with Crippen LogP contribution >= 0.6 is 22.9 Å². The summed E-state index contributed by atoms with van der Waals surface area (Å²) in [6.07, 6.45) is 2.57. The van der Waals surface area contributed by atoms with Gasteiger partial charge < -0.3 is 15.8 Å². The zero-order valence-corrected chi connectivity index (χ0v) is 12.3. The number of hydrogen-bond acceptors (Lipinski definition) is 7. The Labute approximate surface area is 120 Å². The highest BCUT2D eigenvalue weighted by Gasteiger charge is 2.19. The molecule has 7 heteroatoms. The number of rotatable bonds is 4. The Hall–Kier alpha value is -1.18. The minimum Gasteiger partial charge on any atom is -0.382 e. The van der Waals surface area contributed by atoms with Crippen LogP contribution in [0.1, 0.15) is 18.5 Å². The standard InChI is InChI=1S/C12H16N4OS2/c1-7-6-18-12(15-7)9-10(13)16-19-11(9)14-5-8-3-2-4-17-8/h6,8,14H,2-5H2,1H3,(H2,13,16). The van der Waals surface area contributed by atoms with Crippen LogP contribution in [0, 0.1) is 6.92 Å². The van der Waals surface area contributed by atoms with E-state index in [9.17, 15) is 0 Å². The monoisotopic (exact) mass is 296 g/mol. The summed E-state index contributed by atoms with van der Waals surface area (Å²) in [4.78, 5) is 4.49. The first-order chi connectivity index (χ1) is 9.24. The van der Waals surface area contributed by atoms with Crippen molar-refractivity contribution in [3.05, 3.63) is 11.1 Å². The van der Waals surface area contributed by atoms with Gasteiger partial charge in [-0.15, -0.1) is 11.3 Å². The lowest BCUT2D eigenvalue weighted by atomic mass is 10.2. The van der Waals surface area contributed by atoms with Crippen LogP contribution in [0.4, 0.5) is 10.8 Å². The molecule has 1 saturated heterocycles. The molecule has 19 heavy (non-hydrogen) atoms. The number of aryl methyl sites for hydroxylation is 1. The van der Waals surface area contributed by atoms with E-state index in [0.717, 1.165) is 47.3 Å². The molecule has 2 aromatic heterocycles. The van der Waals surface area contributed by atoms with Gasteiger partial charge in [0.1, 0.15) is 15.8 Å². The smallest absolute Gasteiger partial charge is 0.149 e. The van der Waals surface area contributed by atoms with E-state index in [1.165, 1.54) is 11.5 Å². The van der Waals surface area contributed by atoms with Crippen LogP contribution in [0.2, 0.25) is 0 Å². The van der Waals surface area contributed by atoms with E-state index < -0.39 is 0 Å². The summed E-state index contributed by atoms with van der Waals surface area (Å²) in [6.45, 7) is 3.66. The average molecular weight is 296 g/mol. The maximum Gasteiger partial charge on any atom is 0.149 e. The fourth-order valence-electron chi connectivity index (χ4n) is 2.11. The van der Waals surface area contributed by atoms with Gasteiger partial charge in [0.25, 0.3) is 0 Å². The second-order valence-electron chi connectivity index (χ2n) is 4.58. The van der Waals surface area contributed by atoms with Crippen molar-refractivity contribution in [2.24, 2.45) is 0 Å². The van der Waals surface area contributed by atoms with E-state index in [0.29, 0.717) is 11.9 Å². The van der Waals surface area contributed by atoms with Gasteiger partial charge >= 0.3 is 0 Å². The number of anilines is 2. The number of nitrogens with two attached hydrogens (primary N) is 1. The highest BCUT2D eigenvalue weighted by Crippen LogP contribution is 2.38. The molecule has 1 unspecified atom stereocenters. The summed E-state index contributed by atoms with van der Waals surface area (Å²) in [5, 5.41) is 7.34. The minimum atomic E-state index is 0.300. The Morgan fingerprint density at radius 3 is 3.16 bits per heavy atom. The third kappa shape index (κ3) is 2.72. The van der Waals surface area contributed by atoms with Crippen LogP contribution in [-0.4, -0.2) is 28.6 Å². The van der Waals surface area contributed by atoms with Gasteiger partial charge in [-0.2, -0.15) is 4.37 Å². The summed E-state index contributed by atoms with van der Waals surface area (Å²) in [5.41, 5.74) is 7.90. The predicted octanol–water partition coefficient (Wildman–Crippen LogP) is 2.75. The molecule has 1 aliphatic rings. The highest BCUT2D eigenvalue weighted by atomic mass is 32.1. The molecule has 0 spiro atoms. The Morgan fingerprint density at radius 1 is 1.58 bits per heavy atom. The summed E-state index contributed by atoms with van der Waals surface area (Å²) in [7, 11) is 0. The van der Waals surface area contributed by atoms with Crippen LogP contribution in [0.15, 0.2) is 5.38 Å². The van der Waals surface area contributed by atoms with E-state index in [-0.39, 0.29) is 0 Å². The molecule has 0 amide bonds. The number of aromatic nitrogens is 2. The van der Waals surface area contributed by atoms with Crippen molar-refractivity contribution in [1.29, 1.82) is 0 Å². The Balaban J connectivity index is 1.78. The molecule has 1 aliphatic heterocycles. The third-order valence-corrected chi connectivity index (χ3v) is 4.86. The molecule has 0 bridgehead atoms. The summed E-state index contributed by atoms with van der Waals surface area (Å²) < 4.78 is 9.84. The number of ether oxygens (including phenoxy) is 1. The van der Waals surface area contributed by atoms with Gasteiger partial charge in [0.2, 0.25) is 0 Å². The van der Waals surface area contributed by atoms with Crippen molar-refractivity contribution in [3.63, 3.8) is 0 Å². The number of nitrogen functional groups attached to an aromatic ring is 1. The van der Waals surface area contributed by atoms with Crippen LogP contribution in [-0.2, 0) is 4.74 Å². The number of nitrogens with one attached hydrogen (secondary N) is 1. The van der Waals surface area contributed by atoms with Crippen LogP contribution < -0.4 is 11.1 Å². The molecule has 102 valence electrons. The molecule has 3 heterocycles. The first-order valence-electron chi connectivity index (χ1n) is 6.27. The number of hydrogen-bond donors (Lipinski definition) is 2. The number of nitrogens with zero attached hydrogens (tertiary/aromatic N) is 2. The van der Waals surface area contributed by atoms with Crippen molar-refractivity contribution >= 4 is 33.7 Å². The second-order valence-corrected chi connectivity index (χ2v) is 6.21. The van der Waals surface area contributed by atoms with Crippen LogP contribution in [0.3, 0.4) is 0 Å². The van der Waals surface area contributed by atoms with Gasteiger partial charge in [-0.05, 0) is 31.3 Å². The Bertz CT molecular complexity index is 560.